The average molecular weight is 290 g/mol. The van der Waals surface area contributed by atoms with E-state index in [0.717, 1.165) is 15.2 Å². The molecule has 0 radical (unpaired) electrons. The van der Waals surface area contributed by atoms with Crippen LogP contribution in [0.4, 0.5) is 0 Å². The van der Waals surface area contributed by atoms with Gasteiger partial charge in [-0.2, -0.15) is 0 Å². The van der Waals surface area contributed by atoms with Gasteiger partial charge in [-0.3, -0.25) is 4.79 Å². The first-order valence-electron chi connectivity index (χ1n) is 4.99. The Morgan fingerprint density at radius 2 is 2.20 bits per heavy atom. The molecule has 1 heterocycles. The van der Waals surface area contributed by atoms with Crippen molar-refractivity contribution in [2.75, 3.05) is 6.54 Å². The van der Waals surface area contributed by atoms with E-state index in [1.807, 2.05) is 12.1 Å². The molecule has 0 bridgehead atoms. The molecule has 1 aromatic heterocycles. The Morgan fingerprint density at radius 1 is 1.53 bits per heavy atom. The Labute approximate surface area is 103 Å². The molecule has 0 unspecified atom stereocenters. The number of carbonyl (C=O) groups excluding carboxylic acids is 1. The Balaban J connectivity index is 2.70. The SMILES string of the molecule is CC(=O)[C@H](CNC(C)C)c1ccc(Br)s1. The second-order valence-corrected chi connectivity index (χ2v) is 6.36. The molecule has 1 atom stereocenters. The number of Topliss-reactive ketones (excluding diaryl/α,β-unsaturated/α-hetero) is 1. The van der Waals surface area contributed by atoms with Crippen molar-refractivity contribution in [3.8, 4) is 0 Å². The minimum atomic E-state index is -0.0105. The topological polar surface area (TPSA) is 29.1 Å². The number of ketones is 1. The van der Waals surface area contributed by atoms with Gasteiger partial charge < -0.3 is 5.32 Å². The molecule has 1 aromatic rings. The van der Waals surface area contributed by atoms with Gasteiger partial charge in [-0.25, -0.2) is 0 Å². The molecule has 0 saturated carbocycles. The number of halogens is 1. The smallest absolute Gasteiger partial charge is 0.139 e. The Hall–Kier alpha value is -0.190. The highest BCUT2D eigenvalue weighted by Gasteiger charge is 2.18. The van der Waals surface area contributed by atoms with Crippen molar-refractivity contribution in [1.82, 2.24) is 5.32 Å². The van der Waals surface area contributed by atoms with Crippen LogP contribution in [0.5, 0.6) is 0 Å². The van der Waals surface area contributed by atoms with Crippen molar-refractivity contribution in [2.45, 2.75) is 32.7 Å². The Bertz CT molecular complexity index is 335. The van der Waals surface area contributed by atoms with Gasteiger partial charge in [0.05, 0.1) is 9.70 Å². The summed E-state index contributed by atoms with van der Waals surface area (Å²) in [7, 11) is 0. The van der Waals surface area contributed by atoms with Crippen molar-refractivity contribution in [3.63, 3.8) is 0 Å². The number of nitrogens with one attached hydrogen (secondary N) is 1. The number of carbonyl (C=O) groups is 1. The van der Waals surface area contributed by atoms with Crippen LogP contribution in [0.3, 0.4) is 0 Å². The summed E-state index contributed by atoms with van der Waals surface area (Å²) < 4.78 is 1.08. The zero-order valence-electron chi connectivity index (χ0n) is 9.21. The Morgan fingerprint density at radius 3 is 2.60 bits per heavy atom. The summed E-state index contributed by atoms with van der Waals surface area (Å²) in [5, 5.41) is 3.31. The third kappa shape index (κ3) is 4.05. The quantitative estimate of drug-likeness (QED) is 0.902. The van der Waals surface area contributed by atoms with Crippen molar-refractivity contribution in [1.29, 1.82) is 0 Å². The summed E-state index contributed by atoms with van der Waals surface area (Å²) in [5.74, 6) is 0.209. The van der Waals surface area contributed by atoms with E-state index in [-0.39, 0.29) is 11.7 Å². The highest BCUT2D eigenvalue weighted by molar-refractivity contribution is 9.11. The third-order valence-electron chi connectivity index (χ3n) is 2.16. The molecular weight excluding hydrogens is 274 g/mol. The molecule has 1 N–H and O–H groups in total. The lowest BCUT2D eigenvalue weighted by atomic mass is 10.0. The van der Waals surface area contributed by atoms with Gasteiger partial charge in [-0.15, -0.1) is 11.3 Å². The fourth-order valence-corrected chi connectivity index (χ4v) is 2.90. The van der Waals surface area contributed by atoms with E-state index in [0.29, 0.717) is 6.04 Å². The highest BCUT2D eigenvalue weighted by Crippen LogP contribution is 2.28. The molecular formula is C11H16BrNOS. The van der Waals surface area contributed by atoms with Gasteiger partial charge in [0.25, 0.3) is 0 Å². The van der Waals surface area contributed by atoms with E-state index in [2.05, 4.69) is 35.1 Å². The van der Waals surface area contributed by atoms with Crippen LogP contribution in [0.25, 0.3) is 0 Å². The second-order valence-electron chi connectivity index (χ2n) is 3.87. The number of hydrogen-bond donors (Lipinski definition) is 1. The first-order valence-corrected chi connectivity index (χ1v) is 6.60. The maximum Gasteiger partial charge on any atom is 0.139 e. The molecule has 2 nitrogen and oxygen atoms in total. The van der Waals surface area contributed by atoms with Crippen LogP contribution in [-0.4, -0.2) is 18.4 Å². The second kappa shape index (κ2) is 5.77. The van der Waals surface area contributed by atoms with Gasteiger partial charge in [0, 0.05) is 17.5 Å². The van der Waals surface area contributed by atoms with Crippen molar-refractivity contribution in [3.05, 3.63) is 20.8 Å². The first-order chi connectivity index (χ1) is 7.00. The monoisotopic (exact) mass is 289 g/mol. The van der Waals surface area contributed by atoms with Crippen molar-refractivity contribution < 1.29 is 4.79 Å². The maximum absolute atomic E-state index is 11.5. The molecule has 84 valence electrons. The van der Waals surface area contributed by atoms with Gasteiger partial charge in [0.1, 0.15) is 5.78 Å². The van der Waals surface area contributed by atoms with Crippen LogP contribution in [0, 0.1) is 0 Å². The van der Waals surface area contributed by atoms with E-state index in [1.54, 1.807) is 18.3 Å². The van der Waals surface area contributed by atoms with Gasteiger partial charge in [-0.05, 0) is 35.0 Å². The van der Waals surface area contributed by atoms with E-state index in [1.165, 1.54) is 0 Å². The van der Waals surface area contributed by atoms with Gasteiger partial charge in [-0.1, -0.05) is 13.8 Å². The number of rotatable bonds is 5. The van der Waals surface area contributed by atoms with Gasteiger partial charge >= 0.3 is 0 Å². The van der Waals surface area contributed by atoms with Crippen LogP contribution in [0.2, 0.25) is 0 Å². The van der Waals surface area contributed by atoms with Gasteiger partial charge in [0.2, 0.25) is 0 Å². The molecule has 0 spiro atoms. The van der Waals surface area contributed by atoms with Crippen LogP contribution in [0.1, 0.15) is 31.6 Å². The van der Waals surface area contributed by atoms with E-state index in [4.69, 9.17) is 0 Å². The molecule has 0 aromatic carbocycles. The highest BCUT2D eigenvalue weighted by atomic mass is 79.9. The summed E-state index contributed by atoms with van der Waals surface area (Å²) in [5.41, 5.74) is 0. The van der Waals surface area contributed by atoms with Crippen LogP contribution < -0.4 is 5.32 Å². The zero-order valence-corrected chi connectivity index (χ0v) is 11.6. The molecule has 0 saturated heterocycles. The van der Waals surface area contributed by atoms with Gasteiger partial charge in [0.15, 0.2) is 0 Å². The fraction of sp³-hybridized carbons (Fsp3) is 0.545. The molecule has 1 rings (SSSR count). The minimum Gasteiger partial charge on any atom is -0.313 e. The predicted molar refractivity (Wildman–Crippen MR) is 68.6 cm³/mol. The minimum absolute atomic E-state index is 0.0105. The van der Waals surface area contributed by atoms with E-state index < -0.39 is 0 Å². The van der Waals surface area contributed by atoms with Crippen molar-refractivity contribution in [2.24, 2.45) is 0 Å². The third-order valence-corrected chi connectivity index (χ3v) is 3.90. The normalized spacial score (nSPS) is 13.1. The molecule has 0 aliphatic rings. The van der Waals surface area contributed by atoms with E-state index in [9.17, 15) is 4.79 Å². The Kier molecular flexibility index (Phi) is 4.96. The zero-order chi connectivity index (χ0) is 11.4. The summed E-state index contributed by atoms with van der Waals surface area (Å²) in [6.07, 6.45) is 0. The fourth-order valence-electron chi connectivity index (χ4n) is 1.31. The lowest BCUT2D eigenvalue weighted by molar-refractivity contribution is -0.118. The van der Waals surface area contributed by atoms with Crippen LogP contribution in [-0.2, 0) is 4.79 Å². The first kappa shape index (κ1) is 12.9. The lowest BCUT2D eigenvalue weighted by Gasteiger charge is -2.15. The standard InChI is InChI=1S/C11H16BrNOS/c1-7(2)13-6-9(8(3)14)10-4-5-11(12)15-10/h4-5,7,9,13H,6H2,1-3H3/t9-/m0/s1. The molecule has 0 aliphatic heterocycles. The lowest BCUT2D eigenvalue weighted by Crippen LogP contribution is -2.30. The summed E-state index contributed by atoms with van der Waals surface area (Å²) >= 11 is 5.05. The van der Waals surface area contributed by atoms with E-state index >= 15 is 0 Å². The summed E-state index contributed by atoms with van der Waals surface area (Å²) in [4.78, 5) is 12.6. The molecule has 15 heavy (non-hydrogen) atoms. The average Bonchev–Trinajstić information content (AvgIpc) is 2.51. The largest absolute Gasteiger partial charge is 0.313 e. The molecule has 0 aliphatic carbocycles. The summed E-state index contributed by atoms with van der Waals surface area (Å²) in [6, 6.07) is 4.42. The number of thiophene rings is 1. The summed E-state index contributed by atoms with van der Waals surface area (Å²) in [6.45, 7) is 6.54. The maximum atomic E-state index is 11.5. The van der Waals surface area contributed by atoms with Crippen molar-refractivity contribution >= 4 is 33.0 Å². The predicted octanol–water partition coefficient (Wildman–Crippen LogP) is 3.18. The molecule has 0 amide bonds. The number of hydrogen-bond acceptors (Lipinski definition) is 3. The molecule has 4 heteroatoms. The van der Waals surface area contributed by atoms with Crippen LogP contribution >= 0.6 is 27.3 Å². The van der Waals surface area contributed by atoms with Crippen LogP contribution in [0.15, 0.2) is 15.9 Å². The molecule has 0 fully saturated rings.